The molecule has 0 amide bonds. The van der Waals surface area contributed by atoms with Crippen molar-refractivity contribution in [1.82, 2.24) is 29.8 Å². The Morgan fingerprint density at radius 3 is 2.93 bits per heavy atom. The number of aromatic amines is 1. The first-order chi connectivity index (χ1) is 14.4. The third-order valence-corrected chi connectivity index (χ3v) is 5.67. The van der Waals surface area contributed by atoms with E-state index in [9.17, 15) is 13.2 Å². The van der Waals surface area contributed by atoms with Crippen LogP contribution in [0.5, 0.6) is 0 Å². The predicted molar refractivity (Wildman–Crippen MR) is 102 cm³/mol. The summed E-state index contributed by atoms with van der Waals surface area (Å²) < 4.78 is 49.3. The molecule has 5 heterocycles. The lowest BCUT2D eigenvalue weighted by molar-refractivity contribution is -0.0137. The number of hydrogen-bond donors (Lipinski definition) is 2. The molecular weight excluding hydrogens is 401 g/mol. The van der Waals surface area contributed by atoms with Crippen LogP contribution in [0.1, 0.15) is 13.3 Å². The lowest BCUT2D eigenvalue weighted by Gasteiger charge is -2.26. The number of anilines is 2. The molecule has 0 radical (unpaired) electrons. The lowest BCUT2D eigenvalue weighted by atomic mass is 10.1. The first-order valence-corrected chi connectivity index (χ1v) is 9.78. The Morgan fingerprint density at radius 2 is 2.23 bits per heavy atom. The van der Waals surface area contributed by atoms with Crippen LogP contribution in [-0.4, -0.2) is 74.2 Å². The van der Waals surface area contributed by atoms with E-state index in [0.29, 0.717) is 35.6 Å². The van der Waals surface area contributed by atoms with Crippen LogP contribution in [0.15, 0.2) is 18.7 Å². The summed E-state index contributed by atoms with van der Waals surface area (Å²) in [5, 5.41) is 14.0. The van der Waals surface area contributed by atoms with Crippen molar-refractivity contribution >= 4 is 17.3 Å². The second-order valence-corrected chi connectivity index (χ2v) is 7.81. The van der Waals surface area contributed by atoms with E-state index in [-0.39, 0.29) is 19.1 Å². The largest absolute Gasteiger partial charge is 0.378 e. The van der Waals surface area contributed by atoms with E-state index in [1.807, 2.05) is 0 Å². The maximum atomic E-state index is 14.3. The van der Waals surface area contributed by atoms with Crippen molar-refractivity contribution < 1.29 is 17.9 Å². The van der Waals surface area contributed by atoms with Gasteiger partial charge in [-0.1, -0.05) is 6.92 Å². The number of nitrogens with zero attached hydrogens (tertiary/aromatic N) is 6. The van der Waals surface area contributed by atoms with E-state index in [2.05, 4.69) is 30.6 Å². The van der Waals surface area contributed by atoms with Gasteiger partial charge in [-0.05, 0) is 6.42 Å². The minimum absolute atomic E-state index is 0.0171. The molecule has 0 unspecified atom stereocenters. The third-order valence-electron chi connectivity index (χ3n) is 5.67. The maximum absolute atomic E-state index is 14.3. The van der Waals surface area contributed by atoms with E-state index in [4.69, 9.17) is 4.74 Å². The maximum Gasteiger partial charge on any atom is 0.269 e. The van der Waals surface area contributed by atoms with Crippen LogP contribution in [-0.2, 0) is 4.74 Å². The van der Waals surface area contributed by atoms with E-state index in [1.165, 1.54) is 17.8 Å². The molecule has 0 aliphatic carbocycles. The molecule has 3 aromatic heterocycles. The van der Waals surface area contributed by atoms with E-state index >= 15 is 0 Å². The topological polar surface area (TPSA) is 96.3 Å². The van der Waals surface area contributed by atoms with Crippen molar-refractivity contribution in [2.24, 2.45) is 5.92 Å². The highest BCUT2D eigenvalue weighted by molar-refractivity contribution is 5.85. The van der Waals surface area contributed by atoms with Gasteiger partial charge in [-0.25, -0.2) is 18.2 Å². The fourth-order valence-electron chi connectivity index (χ4n) is 3.93. The Hall–Kier alpha value is -2.89. The number of alkyl halides is 3. The molecule has 3 aromatic rings. The van der Waals surface area contributed by atoms with Gasteiger partial charge < -0.3 is 15.0 Å². The van der Waals surface area contributed by atoms with Gasteiger partial charge in [0.15, 0.2) is 5.65 Å². The van der Waals surface area contributed by atoms with Crippen molar-refractivity contribution in [1.29, 1.82) is 0 Å². The Bertz CT molecular complexity index is 1040. The first kappa shape index (κ1) is 19.1. The zero-order chi connectivity index (χ0) is 20.9. The molecule has 30 heavy (non-hydrogen) atoms. The van der Waals surface area contributed by atoms with Gasteiger partial charge in [0.25, 0.3) is 5.92 Å². The van der Waals surface area contributed by atoms with Crippen molar-refractivity contribution in [3.05, 3.63) is 18.7 Å². The highest BCUT2D eigenvalue weighted by Gasteiger charge is 2.46. The highest BCUT2D eigenvalue weighted by Crippen LogP contribution is 2.40. The minimum Gasteiger partial charge on any atom is -0.378 e. The van der Waals surface area contributed by atoms with Gasteiger partial charge in [0.1, 0.15) is 23.9 Å². The summed E-state index contributed by atoms with van der Waals surface area (Å²) in [7, 11) is 0. The third kappa shape index (κ3) is 3.24. The standard InChI is InChI=1S/C18H21F3N8O/c1-10-6-28(8-18(10,20)21)15-14(11-4-23-24-5-11)22-9-29-16(15)26-17(27-29)25-13-2-3-30-7-12(13)19/h4-5,9-10,12-13H,2-3,6-8H2,1H3,(H,23,24)(H,25,27)/t10-,12-,13+/m1/s1. The van der Waals surface area contributed by atoms with Gasteiger partial charge in [-0.2, -0.15) is 14.6 Å². The number of fused-ring (bicyclic) bond motifs is 1. The molecular formula is C18H21F3N8O. The van der Waals surface area contributed by atoms with Crippen LogP contribution in [0.3, 0.4) is 0 Å². The van der Waals surface area contributed by atoms with Crippen LogP contribution in [0.2, 0.25) is 0 Å². The molecule has 12 heteroatoms. The summed E-state index contributed by atoms with van der Waals surface area (Å²) in [4.78, 5) is 10.5. The van der Waals surface area contributed by atoms with Gasteiger partial charge in [0.05, 0.1) is 25.4 Å². The SMILES string of the molecule is C[C@@H]1CN(c2c(-c3cn[nH]c3)ncn3nc(N[C@H]4CCOC[C@H]4F)nc23)CC1(F)F. The van der Waals surface area contributed by atoms with Crippen molar-refractivity contribution in [2.75, 3.05) is 36.5 Å². The molecule has 2 fully saturated rings. The number of hydrogen-bond acceptors (Lipinski definition) is 7. The summed E-state index contributed by atoms with van der Waals surface area (Å²) in [5.41, 5.74) is 1.96. The quantitative estimate of drug-likeness (QED) is 0.665. The Labute approximate surface area is 169 Å². The van der Waals surface area contributed by atoms with Gasteiger partial charge in [0, 0.05) is 30.8 Å². The van der Waals surface area contributed by atoms with E-state index in [0.717, 1.165) is 0 Å². The van der Waals surface area contributed by atoms with Crippen LogP contribution < -0.4 is 10.2 Å². The van der Waals surface area contributed by atoms with E-state index in [1.54, 1.807) is 17.3 Å². The van der Waals surface area contributed by atoms with Crippen LogP contribution in [0.4, 0.5) is 24.8 Å². The van der Waals surface area contributed by atoms with Crippen LogP contribution in [0, 0.1) is 5.92 Å². The second kappa shape index (κ2) is 7.11. The zero-order valence-corrected chi connectivity index (χ0v) is 16.2. The molecule has 160 valence electrons. The number of aromatic nitrogens is 6. The smallest absolute Gasteiger partial charge is 0.269 e. The minimum atomic E-state index is -2.83. The fourth-order valence-corrected chi connectivity index (χ4v) is 3.93. The first-order valence-electron chi connectivity index (χ1n) is 9.78. The van der Waals surface area contributed by atoms with E-state index < -0.39 is 30.6 Å². The molecule has 3 atom stereocenters. The molecule has 0 spiro atoms. The average molecular weight is 422 g/mol. The molecule has 0 saturated carbocycles. The second-order valence-electron chi connectivity index (χ2n) is 7.81. The fraction of sp³-hybridized carbons (Fsp3) is 0.556. The predicted octanol–water partition coefficient (Wildman–Crippen LogP) is 2.14. The Morgan fingerprint density at radius 1 is 1.37 bits per heavy atom. The highest BCUT2D eigenvalue weighted by atomic mass is 19.3. The van der Waals surface area contributed by atoms with Crippen LogP contribution >= 0.6 is 0 Å². The Kier molecular flexibility index (Phi) is 4.53. The monoisotopic (exact) mass is 422 g/mol. The van der Waals surface area contributed by atoms with Crippen LogP contribution in [0.25, 0.3) is 16.9 Å². The van der Waals surface area contributed by atoms with Gasteiger partial charge >= 0.3 is 0 Å². The van der Waals surface area contributed by atoms with Crippen molar-refractivity contribution in [3.8, 4) is 11.3 Å². The number of halogens is 3. The number of H-pyrrole nitrogens is 1. The summed E-state index contributed by atoms with van der Waals surface area (Å²) >= 11 is 0. The molecule has 2 saturated heterocycles. The molecule has 2 aliphatic heterocycles. The molecule has 9 nitrogen and oxygen atoms in total. The summed E-state index contributed by atoms with van der Waals surface area (Å²) in [6, 6.07) is -0.475. The zero-order valence-electron chi connectivity index (χ0n) is 16.2. The van der Waals surface area contributed by atoms with Gasteiger partial charge in [-0.3, -0.25) is 5.10 Å². The van der Waals surface area contributed by atoms with Gasteiger partial charge in [0.2, 0.25) is 5.95 Å². The number of ether oxygens (including phenoxy) is 1. The number of nitrogens with one attached hydrogen (secondary N) is 2. The van der Waals surface area contributed by atoms with Crippen molar-refractivity contribution in [3.63, 3.8) is 0 Å². The average Bonchev–Trinajstić information content (AvgIpc) is 3.42. The summed E-state index contributed by atoms with van der Waals surface area (Å²) in [6.45, 7) is 1.70. The normalized spacial score (nSPS) is 26.4. The summed E-state index contributed by atoms with van der Waals surface area (Å²) in [6.07, 6.45) is 3.99. The molecule has 2 aliphatic rings. The van der Waals surface area contributed by atoms with Gasteiger partial charge in [-0.15, -0.1) is 5.10 Å². The Balaban J connectivity index is 1.57. The molecule has 5 rings (SSSR count). The molecule has 0 bridgehead atoms. The molecule has 0 aromatic carbocycles. The lowest BCUT2D eigenvalue weighted by Crippen LogP contribution is -2.39. The number of rotatable bonds is 4. The van der Waals surface area contributed by atoms with Crippen molar-refractivity contribution in [2.45, 2.75) is 31.5 Å². The summed E-state index contributed by atoms with van der Waals surface area (Å²) in [5.74, 6) is -3.42. The molecule has 2 N–H and O–H groups in total.